The van der Waals surface area contributed by atoms with Crippen LogP contribution in [0, 0.1) is 0 Å². The third-order valence-electron chi connectivity index (χ3n) is 1.91. The van der Waals surface area contributed by atoms with Crippen molar-refractivity contribution in [2.45, 2.75) is 6.10 Å². The van der Waals surface area contributed by atoms with Gasteiger partial charge >= 0.3 is 11.9 Å². The molecule has 0 fully saturated rings. The summed E-state index contributed by atoms with van der Waals surface area (Å²) in [6.45, 7) is 0. The van der Waals surface area contributed by atoms with Crippen molar-refractivity contribution in [1.82, 2.24) is 4.98 Å². The standard InChI is InChI=1S/C10H11NO5/c1-15-9(13)6-3-4-7(11-5-6)8(12)10(14)16-2/h3-5,8,12H,1-2H3. The topological polar surface area (TPSA) is 85.7 Å². The van der Waals surface area contributed by atoms with Gasteiger partial charge in [-0.1, -0.05) is 0 Å². The molecule has 0 aromatic carbocycles. The summed E-state index contributed by atoms with van der Waals surface area (Å²) < 4.78 is 8.82. The Kier molecular flexibility index (Phi) is 3.96. The van der Waals surface area contributed by atoms with Crippen LogP contribution in [0.5, 0.6) is 0 Å². The molecule has 6 heteroatoms. The fourth-order valence-corrected chi connectivity index (χ4v) is 1.04. The lowest BCUT2D eigenvalue weighted by molar-refractivity contribution is -0.150. The Labute approximate surface area is 91.8 Å². The minimum atomic E-state index is -1.45. The number of ether oxygens (including phenoxy) is 2. The lowest BCUT2D eigenvalue weighted by atomic mass is 10.2. The maximum Gasteiger partial charge on any atom is 0.341 e. The van der Waals surface area contributed by atoms with Gasteiger partial charge in [0, 0.05) is 6.20 Å². The summed E-state index contributed by atoms with van der Waals surface area (Å²) in [5.41, 5.74) is 0.350. The Bertz CT molecular complexity index is 387. The molecule has 0 radical (unpaired) electrons. The van der Waals surface area contributed by atoms with Gasteiger partial charge in [-0.2, -0.15) is 0 Å². The number of hydrogen-bond acceptors (Lipinski definition) is 6. The van der Waals surface area contributed by atoms with Crippen LogP contribution in [0.3, 0.4) is 0 Å². The molecule has 0 aliphatic heterocycles. The first-order valence-electron chi connectivity index (χ1n) is 4.40. The van der Waals surface area contributed by atoms with Gasteiger partial charge in [0.05, 0.1) is 25.5 Å². The van der Waals surface area contributed by atoms with Crippen molar-refractivity contribution in [3.63, 3.8) is 0 Å². The van der Waals surface area contributed by atoms with Crippen LogP contribution in [0.4, 0.5) is 0 Å². The molecule has 1 rings (SSSR count). The second-order valence-corrected chi connectivity index (χ2v) is 2.89. The number of hydrogen-bond donors (Lipinski definition) is 1. The van der Waals surface area contributed by atoms with Crippen molar-refractivity contribution in [3.05, 3.63) is 29.6 Å². The van der Waals surface area contributed by atoms with Gasteiger partial charge in [0.15, 0.2) is 6.10 Å². The first kappa shape index (κ1) is 12.1. The highest BCUT2D eigenvalue weighted by Gasteiger charge is 2.19. The average Bonchev–Trinajstić information content (AvgIpc) is 2.36. The maximum absolute atomic E-state index is 11.1. The lowest BCUT2D eigenvalue weighted by Gasteiger charge is -2.07. The number of esters is 2. The fraction of sp³-hybridized carbons (Fsp3) is 0.300. The van der Waals surface area contributed by atoms with Crippen molar-refractivity contribution in [1.29, 1.82) is 0 Å². The minimum absolute atomic E-state index is 0.111. The highest BCUT2D eigenvalue weighted by Crippen LogP contribution is 2.12. The highest BCUT2D eigenvalue weighted by atomic mass is 16.5. The molecule has 0 bridgehead atoms. The third-order valence-corrected chi connectivity index (χ3v) is 1.91. The van der Waals surface area contributed by atoms with Crippen molar-refractivity contribution in [2.75, 3.05) is 14.2 Å². The van der Waals surface area contributed by atoms with Crippen LogP contribution in [-0.2, 0) is 14.3 Å². The van der Waals surface area contributed by atoms with Gasteiger partial charge in [-0.3, -0.25) is 4.98 Å². The van der Waals surface area contributed by atoms with E-state index < -0.39 is 18.0 Å². The summed E-state index contributed by atoms with van der Waals surface area (Å²) >= 11 is 0. The van der Waals surface area contributed by atoms with Crippen molar-refractivity contribution < 1.29 is 24.2 Å². The van der Waals surface area contributed by atoms with Gasteiger partial charge < -0.3 is 14.6 Å². The van der Waals surface area contributed by atoms with Crippen LogP contribution >= 0.6 is 0 Å². The Balaban J connectivity index is 2.86. The van der Waals surface area contributed by atoms with E-state index in [2.05, 4.69) is 14.5 Å². The van der Waals surface area contributed by atoms with Crippen LogP contribution < -0.4 is 0 Å². The lowest BCUT2D eigenvalue weighted by Crippen LogP contribution is -2.15. The van der Waals surface area contributed by atoms with Crippen molar-refractivity contribution >= 4 is 11.9 Å². The van der Waals surface area contributed by atoms with E-state index in [-0.39, 0.29) is 11.3 Å². The Morgan fingerprint density at radius 2 is 2.00 bits per heavy atom. The molecule has 1 heterocycles. The number of rotatable bonds is 3. The second kappa shape index (κ2) is 5.22. The van der Waals surface area contributed by atoms with E-state index in [0.717, 1.165) is 7.11 Å². The third kappa shape index (κ3) is 2.54. The van der Waals surface area contributed by atoms with E-state index in [9.17, 15) is 14.7 Å². The predicted octanol–water partition coefficient (Wildman–Crippen LogP) is 0.0746. The molecule has 0 aliphatic carbocycles. The van der Waals surface area contributed by atoms with Crippen LogP contribution in [0.2, 0.25) is 0 Å². The number of aliphatic hydroxyl groups is 1. The summed E-state index contributed by atoms with van der Waals surface area (Å²) in [5.74, 6) is -1.34. The minimum Gasteiger partial charge on any atom is -0.467 e. The zero-order chi connectivity index (χ0) is 12.1. The zero-order valence-electron chi connectivity index (χ0n) is 8.84. The van der Waals surface area contributed by atoms with Gasteiger partial charge in [0.1, 0.15) is 0 Å². The van der Waals surface area contributed by atoms with E-state index >= 15 is 0 Å². The molecule has 6 nitrogen and oxygen atoms in total. The van der Waals surface area contributed by atoms with Crippen molar-refractivity contribution in [2.24, 2.45) is 0 Å². The number of pyridine rings is 1. The smallest absolute Gasteiger partial charge is 0.341 e. The van der Waals surface area contributed by atoms with E-state index in [4.69, 9.17) is 0 Å². The molecule has 0 amide bonds. The molecule has 86 valence electrons. The SMILES string of the molecule is COC(=O)c1ccc(C(O)C(=O)OC)nc1. The molecule has 1 atom stereocenters. The van der Waals surface area contributed by atoms with Crippen LogP contribution in [0.25, 0.3) is 0 Å². The highest BCUT2D eigenvalue weighted by molar-refractivity contribution is 5.89. The van der Waals surface area contributed by atoms with E-state index in [1.54, 1.807) is 0 Å². The fourth-order valence-electron chi connectivity index (χ4n) is 1.04. The molecule has 0 spiro atoms. The van der Waals surface area contributed by atoms with E-state index in [1.807, 2.05) is 0 Å². The van der Waals surface area contributed by atoms with E-state index in [0.29, 0.717) is 0 Å². The molecule has 1 aromatic rings. The molecule has 0 aliphatic rings. The zero-order valence-corrected chi connectivity index (χ0v) is 8.84. The summed E-state index contributed by atoms with van der Waals surface area (Å²) in [4.78, 5) is 25.8. The first-order chi connectivity index (χ1) is 7.60. The summed E-state index contributed by atoms with van der Waals surface area (Å²) in [7, 11) is 2.41. The summed E-state index contributed by atoms with van der Waals surface area (Å²) in [6.07, 6.45) is -0.232. The van der Waals surface area contributed by atoms with Gasteiger partial charge in [-0.05, 0) is 12.1 Å². The number of methoxy groups -OCH3 is 2. The molecule has 1 N–H and O–H groups in total. The number of carbonyl (C=O) groups is 2. The Morgan fingerprint density at radius 3 is 2.44 bits per heavy atom. The quantitative estimate of drug-likeness (QED) is 0.733. The summed E-state index contributed by atoms with van der Waals surface area (Å²) in [5, 5.41) is 9.42. The molecular formula is C10H11NO5. The maximum atomic E-state index is 11.1. The predicted molar refractivity (Wildman–Crippen MR) is 52.6 cm³/mol. The Hall–Kier alpha value is -1.95. The normalized spacial score (nSPS) is 11.7. The van der Waals surface area contributed by atoms with E-state index in [1.165, 1.54) is 25.4 Å². The van der Waals surface area contributed by atoms with Gasteiger partial charge in [-0.15, -0.1) is 0 Å². The largest absolute Gasteiger partial charge is 0.467 e. The number of aliphatic hydroxyl groups excluding tert-OH is 1. The second-order valence-electron chi connectivity index (χ2n) is 2.89. The van der Waals surface area contributed by atoms with Gasteiger partial charge in [0.2, 0.25) is 0 Å². The number of carbonyl (C=O) groups excluding carboxylic acids is 2. The average molecular weight is 225 g/mol. The van der Waals surface area contributed by atoms with Gasteiger partial charge in [0.25, 0.3) is 0 Å². The molecular weight excluding hydrogens is 214 g/mol. The molecule has 16 heavy (non-hydrogen) atoms. The van der Waals surface area contributed by atoms with Crippen LogP contribution in [0.15, 0.2) is 18.3 Å². The van der Waals surface area contributed by atoms with Crippen LogP contribution in [-0.4, -0.2) is 36.2 Å². The number of nitrogens with zero attached hydrogens (tertiary/aromatic N) is 1. The van der Waals surface area contributed by atoms with Crippen LogP contribution in [0.1, 0.15) is 22.2 Å². The number of aromatic nitrogens is 1. The Morgan fingerprint density at radius 1 is 1.31 bits per heavy atom. The monoisotopic (exact) mass is 225 g/mol. The summed E-state index contributed by atoms with van der Waals surface area (Å²) in [6, 6.07) is 2.76. The van der Waals surface area contributed by atoms with Crippen molar-refractivity contribution in [3.8, 4) is 0 Å². The molecule has 0 saturated heterocycles. The van der Waals surface area contributed by atoms with Gasteiger partial charge in [-0.25, -0.2) is 9.59 Å². The first-order valence-corrected chi connectivity index (χ1v) is 4.40. The molecule has 1 unspecified atom stereocenters. The molecule has 0 saturated carbocycles. The molecule has 1 aromatic heterocycles.